The van der Waals surface area contributed by atoms with Gasteiger partial charge in [0.25, 0.3) is 5.91 Å². The van der Waals surface area contributed by atoms with Crippen LogP contribution in [0.2, 0.25) is 5.02 Å². The minimum absolute atomic E-state index is 0.109. The van der Waals surface area contributed by atoms with Crippen LogP contribution in [0.5, 0.6) is 0 Å². The zero-order valence-corrected chi connectivity index (χ0v) is 17.4. The highest BCUT2D eigenvalue weighted by Gasteiger charge is 2.22. The molecule has 1 saturated heterocycles. The standard InChI is InChI=1S/C23H21ClN4O3/c24-18-5-3-4-16(14-18)22(29)26-19-15-17(23(30)31)7-8-20(19)27-10-12-28(13-11-27)21-6-1-2-9-25-21/h1-9,14-15H,10-13H2,(H,26,29)(H,30,31). The second-order valence-electron chi connectivity index (χ2n) is 7.16. The number of aromatic nitrogens is 1. The zero-order chi connectivity index (χ0) is 21.8. The molecule has 8 heteroatoms. The van der Waals surface area contributed by atoms with Gasteiger partial charge in [0.2, 0.25) is 0 Å². The number of carbonyl (C=O) groups excluding carboxylic acids is 1. The lowest BCUT2D eigenvalue weighted by molar-refractivity contribution is 0.0696. The number of piperazine rings is 1. The van der Waals surface area contributed by atoms with Gasteiger partial charge in [0.05, 0.1) is 16.9 Å². The molecule has 0 unspecified atom stereocenters. The van der Waals surface area contributed by atoms with Crippen LogP contribution in [0.25, 0.3) is 0 Å². The lowest BCUT2D eigenvalue weighted by Gasteiger charge is -2.37. The number of anilines is 3. The molecule has 1 aromatic heterocycles. The first-order valence-electron chi connectivity index (χ1n) is 9.86. The Morgan fingerprint density at radius 3 is 2.35 bits per heavy atom. The molecule has 0 radical (unpaired) electrons. The average molecular weight is 437 g/mol. The molecular formula is C23H21ClN4O3. The Labute approximate surface area is 184 Å². The molecule has 1 aliphatic rings. The van der Waals surface area contributed by atoms with E-state index < -0.39 is 5.97 Å². The largest absolute Gasteiger partial charge is 0.478 e. The van der Waals surface area contributed by atoms with Crippen LogP contribution in [-0.4, -0.2) is 48.1 Å². The number of hydrogen-bond acceptors (Lipinski definition) is 5. The van der Waals surface area contributed by atoms with Crippen LogP contribution in [0.1, 0.15) is 20.7 Å². The number of pyridine rings is 1. The van der Waals surface area contributed by atoms with E-state index in [1.807, 2.05) is 18.2 Å². The van der Waals surface area contributed by atoms with Crippen LogP contribution in [0.3, 0.4) is 0 Å². The first kappa shape index (κ1) is 20.7. The maximum Gasteiger partial charge on any atom is 0.335 e. The summed E-state index contributed by atoms with van der Waals surface area (Å²) in [4.78, 5) is 33.0. The van der Waals surface area contributed by atoms with Gasteiger partial charge in [-0.05, 0) is 48.5 Å². The highest BCUT2D eigenvalue weighted by atomic mass is 35.5. The first-order chi connectivity index (χ1) is 15.0. The number of nitrogens with one attached hydrogen (secondary N) is 1. The number of carbonyl (C=O) groups is 2. The van der Waals surface area contributed by atoms with Gasteiger partial charge in [0.1, 0.15) is 5.82 Å². The Morgan fingerprint density at radius 1 is 0.903 bits per heavy atom. The van der Waals surface area contributed by atoms with Crippen molar-refractivity contribution < 1.29 is 14.7 Å². The van der Waals surface area contributed by atoms with Crippen LogP contribution in [0.4, 0.5) is 17.2 Å². The third kappa shape index (κ3) is 4.78. The Bertz CT molecular complexity index is 1100. The predicted molar refractivity (Wildman–Crippen MR) is 121 cm³/mol. The van der Waals surface area contributed by atoms with Crippen molar-refractivity contribution in [3.8, 4) is 0 Å². The summed E-state index contributed by atoms with van der Waals surface area (Å²) in [6.07, 6.45) is 1.77. The van der Waals surface area contributed by atoms with Crippen molar-refractivity contribution in [2.75, 3.05) is 41.3 Å². The molecule has 1 fully saturated rings. The van der Waals surface area contributed by atoms with Gasteiger partial charge in [-0.2, -0.15) is 0 Å². The highest BCUT2D eigenvalue weighted by Crippen LogP contribution is 2.30. The number of halogens is 1. The van der Waals surface area contributed by atoms with Crippen molar-refractivity contribution >= 4 is 40.7 Å². The van der Waals surface area contributed by atoms with E-state index in [0.717, 1.165) is 24.6 Å². The Morgan fingerprint density at radius 2 is 1.68 bits per heavy atom. The molecule has 0 bridgehead atoms. The van der Waals surface area contributed by atoms with Gasteiger partial charge in [-0.1, -0.05) is 23.7 Å². The fourth-order valence-corrected chi connectivity index (χ4v) is 3.78. The third-order valence-corrected chi connectivity index (χ3v) is 5.41. The Kier molecular flexibility index (Phi) is 6.04. The van der Waals surface area contributed by atoms with Gasteiger partial charge in [-0.3, -0.25) is 4.79 Å². The second-order valence-corrected chi connectivity index (χ2v) is 7.60. The highest BCUT2D eigenvalue weighted by molar-refractivity contribution is 6.31. The number of nitrogens with zero attached hydrogens (tertiary/aromatic N) is 3. The quantitative estimate of drug-likeness (QED) is 0.628. The van der Waals surface area contributed by atoms with E-state index in [2.05, 4.69) is 20.1 Å². The van der Waals surface area contributed by atoms with Crippen LogP contribution in [0, 0.1) is 0 Å². The van der Waals surface area contributed by atoms with Crippen molar-refractivity contribution in [2.24, 2.45) is 0 Å². The molecule has 0 atom stereocenters. The summed E-state index contributed by atoms with van der Waals surface area (Å²) in [5, 5.41) is 12.7. The van der Waals surface area contributed by atoms with Gasteiger partial charge in [0, 0.05) is 43.0 Å². The monoisotopic (exact) mass is 436 g/mol. The van der Waals surface area contributed by atoms with E-state index >= 15 is 0 Å². The van der Waals surface area contributed by atoms with E-state index in [1.165, 1.54) is 6.07 Å². The summed E-state index contributed by atoms with van der Waals surface area (Å²) in [6.45, 7) is 2.95. The van der Waals surface area contributed by atoms with E-state index in [9.17, 15) is 14.7 Å². The molecule has 2 heterocycles. The average Bonchev–Trinajstić information content (AvgIpc) is 2.80. The Hall–Kier alpha value is -3.58. The van der Waals surface area contributed by atoms with Crippen molar-refractivity contribution in [1.82, 2.24) is 4.98 Å². The molecule has 7 nitrogen and oxygen atoms in total. The lowest BCUT2D eigenvalue weighted by atomic mass is 10.1. The van der Waals surface area contributed by atoms with Gasteiger partial charge >= 0.3 is 5.97 Å². The fraction of sp³-hybridized carbons (Fsp3) is 0.174. The topological polar surface area (TPSA) is 85.8 Å². The molecule has 0 aliphatic carbocycles. The van der Waals surface area contributed by atoms with E-state index in [-0.39, 0.29) is 11.5 Å². The maximum absolute atomic E-state index is 12.8. The van der Waals surface area contributed by atoms with Gasteiger partial charge < -0.3 is 20.2 Å². The van der Waals surface area contributed by atoms with Gasteiger partial charge in [-0.25, -0.2) is 9.78 Å². The molecule has 4 rings (SSSR count). The molecule has 1 amide bonds. The summed E-state index contributed by atoms with van der Waals surface area (Å²) < 4.78 is 0. The van der Waals surface area contributed by atoms with Crippen LogP contribution < -0.4 is 15.1 Å². The maximum atomic E-state index is 12.8. The zero-order valence-electron chi connectivity index (χ0n) is 16.7. The number of carboxylic acids is 1. The number of hydrogen-bond donors (Lipinski definition) is 2. The fourth-order valence-electron chi connectivity index (χ4n) is 3.59. The molecule has 0 saturated carbocycles. The van der Waals surface area contributed by atoms with E-state index in [1.54, 1.807) is 42.6 Å². The summed E-state index contributed by atoms with van der Waals surface area (Å²) in [7, 11) is 0. The lowest BCUT2D eigenvalue weighted by Crippen LogP contribution is -2.47. The molecule has 2 N–H and O–H groups in total. The predicted octanol–water partition coefficient (Wildman–Crippen LogP) is 4.01. The Balaban J connectivity index is 1.56. The van der Waals surface area contributed by atoms with Crippen molar-refractivity contribution in [3.05, 3.63) is 83.0 Å². The minimum atomic E-state index is -1.05. The third-order valence-electron chi connectivity index (χ3n) is 5.17. The van der Waals surface area contributed by atoms with Gasteiger partial charge in [0.15, 0.2) is 0 Å². The molecule has 1 aliphatic heterocycles. The molecule has 31 heavy (non-hydrogen) atoms. The smallest absolute Gasteiger partial charge is 0.335 e. The van der Waals surface area contributed by atoms with Crippen LogP contribution >= 0.6 is 11.6 Å². The summed E-state index contributed by atoms with van der Waals surface area (Å²) in [5.74, 6) is -0.471. The van der Waals surface area contributed by atoms with E-state index in [4.69, 9.17) is 11.6 Å². The van der Waals surface area contributed by atoms with Gasteiger partial charge in [-0.15, -0.1) is 0 Å². The number of amides is 1. The van der Waals surface area contributed by atoms with Crippen molar-refractivity contribution in [1.29, 1.82) is 0 Å². The SMILES string of the molecule is O=C(O)c1ccc(N2CCN(c3ccccn3)CC2)c(NC(=O)c2cccc(Cl)c2)c1. The molecule has 3 aromatic rings. The normalized spacial score (nSPS) is 13.7. The first-order valence-corrected chi connectivity index (χ1v) is 10.2. The summed E-state index contributed by atoms with van der Waals surface area (Å²) in [6, 6.07) is 17.2. The second kappa shape index (κ2) is 9.06. The van der Waals surface area contributed by atoms with Crippen LogP contribution in [-0.2, 0) is 0 Å². The molecular weight excluding hydrogens is 416 g/mol. The minimum Gasteiger partial charge on any atom is -0.478 e. The summed E-state index contributed by atoms with van der Waals surface area (Å²) in [5.41, 5.74) is 1.74. The molecule has 158 valence electrons. The number of benzene rings is 2. The number of rotatable bonds is 5. The number of aromatic carboxylic acids is 1. The van der Waals surface area contributed by atoms with Crippen molar-refractivity contribution in [3.63, 3.8) is 0 Å². The summed E-state index contributed by atoms with van der Waals surface area (Å²) >= 11 is 6.00. The van der Waals surface area contributed by atoms with Crippen LogP contribution in [0.15, 0.2) is 66.9 Å². The van der Waals surface area contributed by atoms with E-state index in [0.29, 0.717) is 29.4 Å². The molecule has 2 aromatic carbocycles. The number of carboxylic acid groups (broad SMARTS) is 1. The van der Waals surface area contributed by atoms with Crippen molar-refractivity contribution in [2.45, 2.75) is 0 Å². The molecule has 0 spiro atoms.